The maximum absolute atomic E-state index is 6.49. The molecular weight excluding hydrogens is 336 g/mol. The smallest absolute Gasteiger partial charge is 0.127 e. The van der Waals surface area contributed by atoms with E-state index in [0.29, 0.717) is 11.8 Å². The third-order valence-electron chi connectivity index (χ3n) is 7.07. The summed E-state index contributed by atoms with van der Waals surface area (Å²) in [6, 6.07) is 17.3. The zero-order valence-electron chi connectivity index (χ0n) is 15.3. The number of fused-ring (bicyclic) bond motifs is 3. The van der Waals surface area contributed by atoms with Gasteiger partial charge in [-0.05, 0) is 76.8 Å². The predicted octanol–water partition coefficient (Wildman–Crippen LogP) is 6.75. The lowest BCUT2D eigenvalue weighted by Gasteiger charge is -2.40. The molecule has 2 fully saturated rings. The van der Waals surface area contributed by atoms with Crippen LogP contribution in [0.1, 0.15) is 37.7 Å². The van der Waals surface area contributed by atoms with E-state index in [4.69, 9.17) is 4.74 Å². The molecule has 2 aromatic carbocycles. The van der Waals surface area contributed by atoms with Gasteiger partial charge in [0.25, 0.3) is 0 Å². The maximum atomic E-state index is 6.49. The first kappa shape index (κ1) is 16.4. The lowest BCUT2D eigenvalue weighted by molar-refractivity contribution is 0.0913. The summed E-state index contributed by atoms with van der Waals surface area (Å²) in [7, 11) is 0. The Hall–Kier alpha value is -1.80. The molecule has 0 N–H and O–H groups in total. The fourth-order valence-corrected chi connectivity index (χ4v) is 6.36. The molecule has 0 radical (unpaired) electrons. The van der Waals surface area contributed by atoms with Crippen LogP contribution in [0.4, 0.5) is 0 Å². The second-order valence-corrected chi connectivity index (χ2v) is 8.99. The van der Waals surface area contributed by atoms with Crippen LogP contribution in [0.15, 0.2) is 59.3 Å². The lowest BCUT2D eigenvalue weighted by Crippen LogP contribution is -2.35. The summed E-state index contributed by atoms with van der Waals surface area (Å²) in [5.41, 5.74) is 1.55. The van der Waals surface area contributed by atoms with Crippen molar-refractivity contribution in [2.75, 3.05) is 6.61 Å². The van der Waals surface area contributed by atoms with Crippen LogP contribution in [0.2, 0.25) is 0 Å². The fraction of sp³-hybridized carbons (Fsp3) is 0.417. The van der Waals surface area contributed by atoms with Gasteiger partial charge in [-0.1, -0.05) is 43.3 Å². The van der Waals surface area contributed by atoms with Gasteiger partial charge in [0.1, 0.15) is 5.75 Å². The molecular formula is C24H26OS. The zero-order chi connectivity index (χ0) is 17.5. The van der Waals surface area contributed by atoms with E-state index in [1.807, 2.05) is 11.3 Å². The molecule has 0 spiro atoms. The first-order valence-corrected chi connectivity index (χ1v) is 10.9. The number of rotatable bonds is 4. The van der Waals surface area contributed by atoms with Crippen molar-refractivity contribution in [1.82, 2.24) is 0 Å². The summed E-state index contributed by atoms with van der Waals surface area (Å²) in [6.45, 7) is 3.33. The Balaban J connectivity index is 1.43. The highest BCUT2D eigenvalue weighted by Crippen LogP contribution is 2.55. The van der Waals surface area contributed by atoms with Crippen LogP contribution in [0, 0.1) is 23.7 Å². The van der Waals surface area contributed by atoms with E-state index in [2.05, 4.69) is 66.2 Å². The fourth-order valence-electron chi connectivity index (χ4n) is 5.63. The Morgan fingerprint density at radius 1 is 1.04 bits per heavy atom. The van der Waals surface area contributed by atoms with Gasteiger partial charge >= 0.3 is 0 Å². The standard InChI is InChI=1S/C24H26OS/c1-16-18-9-10-20(16)23(22(13-18)19-11-12-26-15-19)14-25-24-8-4-6-17-5-2-3-7-21(17)24/h2-8,11-12,15-16,18,20,22-23H,9-10,13-14H2,1H3/t16?,18?,20?,22-,23-/m0/s1. The number of thiophene rings is 1. The summed E-state index contributed by atoms with van der Waals surface area (Å²) in [5.74, 6) is 4.93. The van der Waals surface area contributed by atoms with Crippen molar-refractivity contribution in [1.29, 1.82) is 0 Å². The molecule has 3 aromatic rings. The maximum Gasteiger partial charge on any atom is 0.127 e. The summed E-state index contributed by atoms with van der Waals surface area (Å²) >= 11 is 1.83. The molecule has 1 aromatic heterocycles. The van der Waals surface area contributed by atoms with Gasteiger partial charge in [-0.3, -0.25) is 0 Å². The van der Waals surface area contributed by atoms with Crippen molar-refractivity contribution in [2.24, 2.45) is 23.7 Å². The number of hydrogen-bond acceptors (Lipinski definition) is 2. The van der Waals surface area contributed by atoms with E-state index in [-0.39, 0.29) is 0 Å². The van der Waals surface area contributed by atoms with Crippen molar-refractivity contribution >= 4 is 22.1 Å². The molecule has 2 bridgehead atoms. The van der Waals surface area contributed by atoms with Crippen molar-refractivity contribution < 1.29 is 4.74 Å². The minimum atomic E-state index is 0.636. The SMILES string of the molecule is CC1C2CCC1[C@H](COc1cccc3ccccc13)[C@H](c1ccsc1)C2. The molecule has 0 amide bonds. The topological polar surface area (TPSA) is 9.23 Å². The summed E-state index contributed by atoms with van der Waals surface area (Å²) in [4.78, 5) is 0. The molecule has 5 atom stereocenters. The normalized spacial score (nSPS) is 30.6. The van der Waals surface area contributed by atoms with Crippen molar-refractivity contribution in [3.63, 3.8) is 0 Å². The van der Waals surface area contributed by atoms with E-state index >= 15 is 0 Å². The van der Waals surface area contributed by atoms with E-state index in [0.717, 1.165) is 30.1 Å². The van der Waals surface area contributed by atoms with Gasteiger partial charge in [0.15, 0.2) is 0 Å². The second kappa shape index (κ2) is 6.74. The van der Waals surface area contributed by atoms with Crippen LogP contribution in [-0.4, -0.2) is 6.61 Å². The van der Waals surface area contributed by atoms with Gasteiger partial charge in [-0.15, -0.1) is 0 Å². The Morgan fingerprint density at radius 2 is 1.92 bits per heavy atom. The van der Waals surface area contributed by atoms with Gasteiger partial charge in [0.05, 0.1) is 6.61 Å². The number of benzene rings is 2. The molecule has 1 heterocycles. The molecule has 2 aliphatic rings. The van der Waals surface area contributed by atoms with E-state index in [1.165, 1.54) is 30.0 Å². The molecule has 2 saturated carbocycles. The molecule has 3 unspecified atom stereocenters. The van der Waals surface area contributed by atoms with E-state index < -0.39 is 0 Å². The largest absolute Gasteiger partial charge is 0.493 e. The molecule has 134 valence electrons. The van der Waals surface area contributed by atoms with Crippen LogP contribution in [0.3, 0.4) is 0 Å². The molecule has 26 heavy (non-hydrogen) atoms. The number of ether oxygens (including phenoxy) is 1. The average molecular weight is 363 g/mol. The Bertz CT molecular complexity index is 879. The van der Waals surface area contributed by atoms with Crippen LogP contribution in [0.5, 0.6) is 5.75 Å². The van der Waals surface area contributed by atoms with Gasteiger partial charge in [-0.2, -0.15) is 11.3 Å². The van der Waals surface area contributed by atoms with Crippen LogP contribution in [0.25, 0.3) is 10.8 Å². The first-order chi connectivity index (χ1) is 12.8. The molecule has 2 aliphatic carbocycles. The highest BCUT2D eigenvalue weighted by Gasteiger charge is 2.47. The second-order valence-electron chi connectivity index (χ2n) is 8.21. The Labute approximate surface area is 160 Å². The predicted molar refractivity (Wildman–Crippen MR) is 110 cm³/mol. The molecule has 1 nitrogen and oxygen atoms in total. The van der Waals surface area contributed by atoms with Crippen molar-refractivity contribution in [3.05, 3.63) is 64.9 Å². The Kier molecular flexibility index (Phi) is 4.24. The van der Waals surface area contributed by atoms with Gasteiger partial charge in [0, 0.05) is 11.3 Å². The summed E-state index contributed by atoms with van der Waals surface area (Å²) < 4.78 is 6.49. The third kappa shape index (κ3) is 2.75. The van der Waals surface area contributed by atoms with Crippen LogP contribution >= 0.6 is 11.3 Å². The van der Waals surface area contributed by atoms with Crippen molar-refractivity contribution in [2.45, 2.75) is 32.1 Å². The highest BCUT2D eigenvalue weighted by molar-refractivity contribution is 7.08. The van der Waals surface area contributed by atoms with Crippen molar-refractivity contribution in [3.8, 4) is 5.75 Å². The van der Waals surface area contributed by atoms with E-state index in [9.17, 15) is 0 Å². The summed E-state index contributed by atoms with van der Waals surface area (Å²) in [5, 5.41) is 7.09. The minimum absolute atomic E-state index is 0.636. The van der Waals surface area contributed by atoms with Gasteiger partial charge < -0.3 is 4.74 Å². The van der Waals surface area contributed by atoms with E-state index in [1.54, 1.807) is 5.56 Å². The third-order valence-corrected chi connectivity index (χ3v) is 7.77. The molecule has 2 heteroatoms. The monoisotopic (exact) mass is 362 g/mol. The van der Waals surface area contributed by atoms with Crippen LogP contribution in [-0.2, 0) is 0 Å². The molecule has 0 aliphatic heterocycles. The van der Waals surface area contributed by atoms with Crippen LogP contribution < -0.4 is 4.74 Å². The van der Waals surface area contributed by atoms with Gasteiger partial charge in [-0.25, -0.2) is 0 Å². The zero-order valence-corrected chi connectivity index (χ0v) is 16.1. The summed E-state index contributed by atoms with van der Waals surface area (Å²) in [6.07, 6.45) is 4.14. The first-order valence-electron chi connectivity index (χ1n) is 9.94. The highest BCUT2D eigenvalue weighted by atomic mass is 32.1. The Morgan fingerprint density at radius 3 is 2.81 bits per heavy atom. The molecule has 0 saturated heterocycles. The quantitative estimate of drug-likeness (QED) is 0.499. The number of hydrogen-bond donors (Lipinski definition) is 0. The average Bonchev–Trinajstić information content (AvgIpc) is 3.28. The minimum Gasteiger partial charge on any atom is -0.493 e. The lowest BCUT2D eigenvalue weighted by atomic mass is 9.65. The molecule has 5 rings (SSSR count). The van der Waals surface area contributed by atoms with Gasteiger partial charge in [0.2, 0.25) is 0 Å².